The molecule has 0 aliphatic carbocycles. The highest BCUT2D eigenvalue weighted by molar-refractivity contribution is 7.98. The van der Waals surface area contributed by atoms with Gasteiger partial charge in [-0.2, -0.15) is 17.0 Å². The summed E-state index contributed by atoms with van der Waals surface area (Å²) in [6.07, 6.45) is 2.80. The minimum Gasteiger partial charge on any atom is -0.495 e. The molecule has 1 heterocycles. The summed E-state index contributed by atoms with van der Waals surface area (Å²) in [5.41, 5.74) is 1.78. The van der Waals surface area contributed by atoms with E-state index >= 15 is 0 Å². The van der Waals surface area contributed by atoms with Gasteiger partial charge in [0, 0.05) is 18.1 Å². The van der Waals surface area contributed by atoms with Crippen LogP contribution in [0, 0.1) is 11.3 Å². The molecule has 1 fully saturated rings. The van der Waals surface area contributed by atoms with E-state index in [9.17, 15) is 0 Å². The fraction of sp³-hybridized carbons (Fsp3) is 0.500. The summed E-state index contributed by atoms with van der Waals surface area (Å²) >= 11 is 1.87. The molecule has 96 valence electrons. The lowest BCUT2D eigenvalue weighted by Crippen LogP contribution is -2.07. The van der Waals surface area contributed by atoms with E-state index < -0.39 is 0 Å². The van der Waals surface area contributed by atoms with Crippen LogP contribution in [0.5, 0.6) is 5.75 Å². The third-order valence-corrected chi connectivity index (χ3v) is 4.13. The SMILES string of the molecule is COc1cc(CSCC2CCCO2)ccc1C#N. The van der Waals surface area contributed by atoms with Crippen LogP contribution in [0.15, 0.2) is 18.2 Å². The molecule has 1 atom stereocenters. The number of hydrogen-bond donors (Lipinski definition) is 0. The summed E-state index contributed by atoms with van der Waals surface area (Å²) in [4.78, 5) is 0. The molecule has 1 unspecified atom stereocenters. The van der Waals surface area contributed by atoms with Gasteiger partial charge in [0.05, 0.1) is 18.8 Å². The number of rotatable bonds is 5. The van der Waals surface area contributed by atoms with E-state index in [1.807, 2.05) is 30.0 Å². The Morgan fingerprint density at radius 3 is 3.11 bits per heavy atom. The molecule has 4 heteroatoms. The van der Waals surface area contributed by atoms with Crippen LogP contribution in [0.2, 0.25) is 0 Å². The predicted molar refractivity (Wildman–Crippen MR) is 72.8 cm³/mol. The second kappa shape index (κ2) is 6.67. The second-order valence-electron chi connectivity index (χ2n) is 4.30. The average molecular weight is 263 g/mol. The summed E-state index contributed by atoms with van der Waals surface area (Å²) in [7, 11) is 1.60. The Morgan fingerprint density at radius 1 is 1.56 bits per heavy atom. The highest BCUT2D eigenvalue weighted by Crippen LogP contribution is 2.24. The first-order chi connectivity index (χ1) is 8.83. The summed E-state index contributed by atoms with van der Waals surface area (Å²) in [5, 5.41) is 8.91. The van der Waals surface area contributed by atoms with Crippen LogP contribution in [-0.4, -0.2) is 25.6 Å². The lowest BCUT2D eigenvalue weighted by Gasteiger charge is -2.09. The number of methoxy groups -OCH3 is 1. The van der Waals surface area contributed by atoms with E-state index in [-0.39, 0.29) is 0 Å². The zero-order valence-corrected chi connectivity index (χ0v) is 11.3. The van der Waals surface area contributed by atoms with Crippen LogP contribution in [0.3, 0.4) is 0 Å². The van der Waals surface area contributed by atoms with Crippen molar-refractivity contribution in [3.8, 4) is 11.8 Å². The standard InChI is InChI=1S/C14H17NO2S/c1-16-14-7-11(4-5-12(14)8-15)9-18-10-13-3-2-6-17-13/h4-5,7,13H,2-3,6,9-10H2,1H3. The molecule has 1 saturated heterocycles. The Hall–Kier alpha value is -1.18. The monoisotopic (exact) mass is 263 g/mol. The average Bonchev–Trinajstić information content (AvgIpc) is 2.91. The topological polar surface area (TPSA) is 42.2 Å². The Kier molecular flexibility index (Phi) is 4.91. The van der Waals surface area contributed by atoms with E-state index in [0.717, 1.165) is 18.1 Å². The molecule has 1 aromatic carbocycles. The molecule has 0 bridgehead atoms. The van der Waals surface area contributed by atoms with Gasteiger partial charge in [0.2, 0.25) is 0 Å². The fourth-order valence-electron chi connectivity index (χ4n) is 2.00. The van der Waals surface area contributed by atoms with Crippen molar-refractivity contribution in [2.75, 3.05) is 19.5 Å². The summed E-state index contributed by atoms with van der Waals surface area (Å²) in [5.74, 6) is 2.64. The summed E-state index contributed by atoms with van der Waals surface area (Å²) < 4.78 is 10.8. The minimum atomic E-state index is 0.426. The van der Waals surface area contributed by atoms with Gasteiger partial charge in [-0.1, -0.05) is 6.07 Å². The number of nitrogens with zero attached hydrogens (tertiary/aromatic N) is 1. The third kappa shape index (κ3) is 3.41. The quantitative estimate of drug-likeness (QED) is 0.819. The van der Waals surface area contributed by atoms with Crippen molar-refractivity contribution in [3.63, 3.8) is 0 Å². The highest BCUT2D eigenvalue weighted by atomic mass is 32.2. The minimum absolute atomic E-state index is 0.426. The lowest BCUT2D eigenvalue weighted by molar-refractivity contribution is 0.129. The first kappa shape index (κ1) is 13.3. The smallest absolute Gasteiger partial charge is 0.136 e. The highest BCUT2D eigenvalue weighted by Gasteiger charge is 2.15. The van der Waals surface area contributed by atoms with Gasteiger partial charge in [0.1, 0.15) is 11.8 Å². The molecule has 3 nitrogen and oxygen atoms in total. The molecule has 0 radical (unpaired) electrons. The molecular weight excluding hydrogens is 246 g/mol. The number of nitriles is 1. The molecule has 1 aromatic rings. The Bertz CT molecular complexity index is 436. The van der Waals surface area contributed by atoms with Crippen LogP contribution in [0.1, 0.15) is 24.0 Å². The molecular formula is C14H17NO2S. The molecule has 0 N–H and O–H groups in total. The van der Waals surface area contributed by atoms with Gasteiger partial charge in [-0.15, -0.1) is 0 Å². The Labute approximate surface area is 112 Å². The third-order valence-electron chi connectivity index (χ3n) is 2.98. The maximum absolute atomic E-state index is 8.91. The largest absolute Gasteiger partial charge is 0.495 e. The molecule has 0 aromatic heterocycles. The number of thioether (sulfide) groups is 1. The van der Waals surface area contributed by atoms with E-state index in [1.54, 1.807) is 7.11 Å². The van der Waals surface area contributed by atoms with Gasteiger partial charge in [-0.05, 0) is 30.5 Å². The van der Waals surface area contributed by atoms with Crippen LogP contribution in [0.25, 0.3) is 0 Å². The van der Waals surface area contributed by atoms with E-state index in [0.29, 0.717) is 17.4 Å². The molecule has 18 heavy (non-hydrogen) atoms. The van der Waals surface area contributed by atoms with Crippen molar-refractivity contribution < 1.29 is 9.47 Å². The van der Waals surface area contributed by atoms with Gasteiger partial charge < -0.3 is 9.47 Å². The second-order valence-corrected chi connectivity index (χ2v) is 5.33. The summed E-state index contributed by atoms with van der Waals surface area (Å²) in [6.45, 7) is 0.913. The molecule has 0 saturated carbocycles. The van der Waals surface area contributed by atoms with E-state index in [1.165, 1.54) is 18.4 Å². The zero-order valence-electron chi connectivity index (χ0n) is 10.5. The van der Waals surface area contributed by atoms with E-state index in [4.69, 9.17) is 14.7 Å². The van der Waals surface area contributed by atoms with Gasteiger partial charge in [0.25, 0.3) is 0 Å². The molecule has 0 amide bonds. The fourth-order valence-corrected chi connectivity index (χ4v) is 3.06. The van der Waals surface area contributed by atoms with Crippen molar-refractivity contribution in [2.45, 2.75) is 24.7 Å². The van der Waals surface area contributed by atoms with Crippen molar-refractivity contribution in [1.82, 2.24) is 0 Å². The van der Waals surface area contributed by atoms with Crippen LogP contribution >= 0.6 is 11.8 Å². The zero-order chi connectivity index (χ0) is 12.8. The lowest BCUT2D eigenvalue weighted by atomic mass is 10.1. The molecule has 0 spiro atoms. The van der Waals surface area contributed by atoms with Crippen molar-refractivity contribution in [1.29, 1.82) is 5.26 Å². The van der Waals surface area contributed by atoms with Crippen LogP contribution < -0.4 is 4.74 Å². The van der Waals surface area contributed by atoms with Gasteiger partial charge in [-0.3, -0.25) is 0 Å². The first-order valence-electron chi connectivity index (χ1n) is 6.10. The van der Waals surface area contributed by atoms with Gasteiger partial charge in [-0.25, -0.2) is 0 Å². The van der Waals surface area contributed by atoms with Crippen LogP contribution in [-0.2, 0) is 10.5 Å². The number of benzene rings is 1. The number of hydrogen-bond acceptors (Lipinski definition) is 4. The van der Waals surface area contributed by atoms with E-state index in [2.05, 4.69) is 6.07 Å². The van der Waals surface area contributed by atoms with Crippen LogP contribution in [0.4, 0.5) is 0 Å². The molecule has 1 aliphatic heterocycles. The molecule has 1 aliphatic rings. The normalized spacial score (nSPS) is 18.6. The predicted octanol–water partition coefficient (Wildman–Crippen LogP) is 2.98. The van der Waals surface area contributed by atoms with Gasteiger partial charge in [0.15, 0.2) is 0 Å². The maximum atomic E-state index is 8.91. The van der Waals surface area contributed by atoms with Crippen molar-refractivity contribution in [3.05, 3.63) is 29.3 Å². The first-order valence-corrected chi connectivity index (χ1v) is 7.25. The Balaban J connectivity index is 1.87. The number of ether oxygens (including phenoxy) is 2. The Morgan fingerprint density at radius 2 is 2.44 bits per heavy atom. The molecule has 2 rings (SSSR count). The van der Waals surface area contributed by atoms with Gasteiger partial charge >= 0.3 is 0 Å². The van der Waals surface area contributed by atoms with Crippen molar-refractivity contribution in [2.24, 2.45) is 0 Å². The van der Waals surface area contributed by atoms with Crippen molar-refractivity contribution >= 4 is 11.8 Å². The summed E-state index contributed by atoms with van der Waals surface area (Å²) in [6, 6.07) is 7.88. The maximum Gasteiger partial charge on any atom is 0.136 e.